The highest BCUT2D eigenvalue weighted by Crippen LogP contribution is 2.41. The zero-order chi connectivity index (χ0) is 20.8. The molecule has 1 spiro atoms. The Hall–Kier alpha value is -2.22. The van der Waals surface area contributed by atoms with E-state index < -0.39 is 10.0 Å². The first-order chi connectivity index (χ1) is 14.5. The summed E-state index contributed by atoms with van der Waals surface area (Å²) in [6, 6.07) is 18.0. The summed E-state index contributed by atoms with van der Waals surface area (Å²) in [5.74, 6) is -0.228. The van der Waals surface area contributed by atoms with Crippen LogP contribution in [-0.4, -0.2) is 56.4 Å². The first-order valence-corrected chi connectivity index (χ1v) is 11.9. The van der Waals surface area contributed by atoms with Gasteiger partial charge in [-0.05, 0) is 30.5 Å². The van der Waals surface area contributed by atoms with Crippen LogP contribution in [-0.2, 0) is 19.6 Å². The number of likely N-dealkylation sites (tertiary alicyclic amines) is 1. The van der Waals surface area contributed by atoms with Gasteiger partial charge in [0, 0.05) is 19.6 Å². The molecule has 0 radical (unpaired) electrons. The molecule has 3 aliphatic rings. The van der Waals surface area contributed by atoms with E-state index in [2.05, 4.69) is 0 Å². The zero-order valence-electron chi connectivity index (χ0n) is 16.8. The van der Waals surface area contributed by atoms with Gasteiger partial charge in [-0.15, -0.1) is 0 Å². The molecule has 0 aromatic heterocycles. The van der Waals surface area contributed by atoms with Crippen LogP contribution in [0.4, 0.5) is 0 Å². The largest absolute Gasteiger partial charge is 0.380 e. The molecule has 2 aromatic carbocycles. The molecular weight excluding hydrogens is 400 g/mol. The average molecular weight is 427 g/mol. The lowest BCUT2D eigenvalue weighted by Gasteiger charge is -2.56. The van der Waals surface area contributed by atoms with Gasteiger partial charge in [-0.2, -0.15) is 4.31 Å². The number of nitrogens with zero attached hydrogens (tertiary/aromatic N) is 2. The van der Waals surface area contributed by atoms with E-state index in [9.17, 15) is 13.2 Å². The topological polar surface area (TPSA) is 66.9 Å². The molecule has 1 amide bonds. The molecule has 158 valence electrons. The summed E-state index contributed by atoms with van der Waals surface area (Å²) in [5.41, 5.74) is 1.13. The highest BCUT2D eigenvalue weighted by molar-refractivity contribution is 7.89. The van der Waals surface area contributed by atoms with Crippen LogP contribution >= 0.6 is 0 Å². The van der Waals surface area contributed by atoms with Gasteiger partial charge in [0.05, 0.1) is 35.5 Å². The molecule has 0 aliphatic carbocycles. The summed E-state index contributed by atoms with van der Waals surface area (Å²) in [6.07, 6.45) is 1.33. The van der Waals surface area contributed by atoms with Crippen LogP contribution in [0.25, 0.3) is 0 Å². The summed E-state index contributed by atoms with van der Waals surface area (Å²) in [7, 11) is -3.71. The van der Waals surface area contributed by atoms with Crippen molar-refractivity contribution in [3.63, 3.8) is 0 Å². The van der Waals surface area contributed by atoms with E-state index in [1.54, 1.807) is 34.6 Å². The quantitative estimate of drug-likeness (QED) is 0.754. The van der Waals surface area contributed by atoms with Gasteiger partial charge < -0.3 is 9.64 Å². The molecule has 0 saturated carbocycles. The van der Waals surface area contributed by atoms with Crippen molar-refractivity contribution in [2.75, 3.05) is 32.8 Å². The monoisotopic (exact) mass is 426 g/mol. The minimum Gasteiger partial charge on any atom is -0.380 e. The van der Waals surface area contributed by atoms with Gasteiger partial charge in [0.15, 0.2) is 0 Å². The fourth-order valence-electron chi connectivity index (χ4n) is 4.89. The Morgan fingerprint density at radius 2 is 1.57 bits per heavy atom. The van der Waals surface area contributed by atoms with E-state index in [4.69, 9.17) is 4.74 Å². The third-order valence-corrected chi connectivity index (χ3v) is 8.49. The fourth-order valence-corrected chi connectivity index (χ4v) is 6.60. The number of benzene rings is 2. The number of hydrogen-bond donors (Lipinski definition) is 0. The average Bonchev–Trinajstić information content (AvgIpc) is 2.72. The number of amides is 1. The summed E-state index contributed by atoms with van der Waals surface area (Å²) in [5, 5.41) is 0. The Bertz CT molecular complexity index is 1010. The van der Waals surface area contributed by atoms with Gasteiger partial charge in [-0.25, -0.2) is 8.42 Å². The van der Waals surface area contributed by atoms with Crippen molar-refractivity contribution >= 4 is 15.9 Å². The first kappa shape index (κ1) is 19.7. The normalized spacial score (nSPS) is 26.1. The number of carbonyl (C=O) groups is 1. The Kier molecular flexibility index (Phi) is 4.92. The van der Waals surface area contributed by atoms with Crippen molar-refractivity contribution < 1.29 is 17.9 Å². The van der Waals surface area contributed by atoms with E-state index in [0.29, 0.717) is 12.8 Å². The smallest absolute Gasteiger partial charge is 0.243 e. The highest BCUT2D eigenvalue weighted by atomic mass is 32.2. The second-order valence-electron chi connectivity index (χ2n) is 8.78. The molecule has 30 heavy (non-hydrogen) atoms. The molecule has 3 aliphatic heterocycles. The lowest BCUT2D eigenvalue weighted by molar-refractivity contribution is -0.198. The van der Waals surface area contributed by atoms with E-state index in [-0.39, 0.29) is 34.7 Å². The molecule has 0 bridgehead atoms. The highest BCUT2D eigenvalue weighted by Gasteiger charge is 2.52. The van der Waals surface area contributed by atoms with Gasteiger partial charge in [0.1, 0.15) is 0 Å². The summed E-state index contributed by atoms with van der Waals surface area (Å²) in [6.45, 7) is 3.14. The Balaban J connectivity index is 1.41. The molecule has 3 fully saturated rings. The molecule has 5 rings (SSSR count). The molecule has 3 saturated heterocycles. The van der Waals surface area contributed by atoms with Crippen LogP contribution in [0.15, 0.2) is 65.6 Å². The number of sulfonamides is 1. The number of rotatable bonds is 4. The molecular formula is C23H26N2O4S. The van der Waals surface area contributed by atoms with E-state index >= 15 is 0 Å². The maximum absolute atomic E-state index is 13.5. The van der Waals surface area contributed by atoms with Crippen molar-refractivity contribution in [1.82, 2.24) is 9.21 Å². The van der Waals surface area contributed by atoms with Gasteiger partial charge in [0.25, 0.3) is 0 Å². The van der Waals surface area contributed by atoms with Crippen molar-refractivity contribution in [3.05, 3.63) is 66.2 Å². The standard InChI is InChI=1S/C23H26N2O4S/c26-22(24-14-23(15-24)16-29-17-23)19-11-12-21(18-7-3-1-4-8-18)25(13-19)30(27,28)20-9-5-2-6-10-20/h1-10,19,21H,11-17H2/t19-,21-/m1/s1. The fraction of sp³-hybridized carbons (Fsp3) is 0.435. The predicted octanol–water partition coefficient (Wildman–Crippen LogP) is 2.69. The Morgan fingerprint density at radius 3 is 2.17 bits per heavy atom. The van der Waals surface area contributed by atoms with E-state index in [1.165, 1.54) is 0 Å². The maximum atomic E-state index is 13.5. The molecule has 6 nitrogen and oxygen atoms in total. The molecule has 7 heteroatoms. The van der Waals surface area contributed by atoms with Crippen LogP contribution < -0.4 is 0 Å². The minimum atomic E-state index is -3.71. The van der Waals surface area contributed by atoms with E-state index in [0.717, 1.165) is 31.9 Å². The first-order valence-electron chi connectivity index (χ1n) is 10.5. The molecule has 2 atom stereocenters. The van der Waals surface area contributed by atoms with E-state index in [1.807, 2.05) is 35.2 Å². The minimum absolute atomic E-state index is 0.0762. The van der Waals surface area contributed by atoms with Crippen LogP contribution in [0.5, 0.6) is 0 Å². The molecule has 2 aromatic rings. The Morgan fingerprint density at radius 1 is 0.933 bits per heavy atom. The second-order valence-corrected chi connectivity index (χ2v) is 10.7. The van der Waals surface area contributed by atoms with Gasteiger partial charge in [-0.3, -0.25) is 4.79 Å². The summed E-state index contributed by atoms with van der Waals surface area (Å²) in [4.78, 5) is 15.3. The van der Waals surface area contributed by atoms with Crippen molar-refractivity contribution in [2.45, 2.75) is 23.8 Å². The van der Waals surface area contributed by atoms with Crippen molar-refractivity contribution in [3.8, 4) is 0 Å². The number of carbonyl (C=O) groups excluding carboxylic acids is 1. The maximum Gasteiger partial charge on any atom is 0.243 e. The van der Waals surface area contributed by atoms with Gasteiger partial charge in [0.2, 0.25) is 15.9 Å². The lowest BCUT2D eigenvalue weighted by atomic mass is 9.77. The number of piperidine rings is 1. The molecule has 0 unspecified atom stereocenters. The SMILES string of the molecule is O=C([C@@H]1CC[C@H](c2ccccc2)N(S(=O)(=O)c2ccccc2)C1)N1CC2(COC2)C1. The third-order valence-electron chi connectivity index (χ3n) is 6.60. The summed E-state index contributed by atoms with van der Waals surface area (Å²) < 4.78 is 33.9. The number of hydrogen-bond acceptors (Lipinski definition) is 4. The second kappa shape index (κ2) is 7.48. The van der Waals surface area contributed by atoms with Gasteiger partial charge in [-0.1, -0.05) is 48.5 Å². The molecule has 3 heterocycles. The van der Waals surface area contributed by atoms with Crippen LogP contribution in [0.2, 0.25) is 0 Å². The molecule has 0 N–H and O–H groups in total. The van der Waals surface area contributed by atoms with Crippen molar-refractivity contribution in [2.24, 2.45) is 11.3 Å². The Labute approximate surface area is 177 Å². The van der Waals surface area contributed by atoms with Crippen LogP contribution in [0.3, 0.4) is 0 Å². The van der Waals surface area contributed by atoms with Gasteiger partial charge >= 0.3 is 0 Å². The van der Waals surface area contributed by atoms with Crippen LogP contribution in [0, 0.1) is 11.3 Å². The zero-order valence-corrected chi connectivity index (χ0v) is 17.6. The summed E-state index contributed by atoms with van der Waals surface area (Å²) >= 11 is 0. The predicted molar refractivity (Wildman–Crippen MR) is 112 cm³/mol. The number of ether oxygens (including phenoxy) is 1. The third kappa shape index (κ3) is 3.35. The lowest BCUT2D eigenvalue weighted by Crippen LogP contribution is -2.68. The van der Waals surface area contributed by atoms with Crippen molar-refractivity contribution in [1.29, 1.82) is 0 Å². The van der Waals surface area contributed by atoms with Crippen LogP contribution in [0.1, 0.15) is 24.4 Å².